The minimum Gasteiger partial charge on any atom is -0.459 e. The van der Waals surface area contributed by atoms with Gasteiger partial charge in [-0.05, 0) is 36.4 Å². The molecule has 0 spiro atoms. The van der Waals surface area contributed by atoms with Gasteiger partial charge >= 0.3 is 0 Å². The molecule has 1 aromatic heterocycles. The Morgan fingerprint density at radius 1 is 1.41 bits per heavy atom. The van der Waals surface area contributed by atoms with E-state index in [1.807, 2.05) is 17.8 Å². The lowest BCUT2D eigenvalue weighted by atomic mass is 10.2. The zero-order valence-corrected chi connectivity index (χ0v) is 10.6. The summed E-state index contributed by atoms with van der Waals surface area (Å²) < 4.78 is 18.6. The van der Waals surface area contributed by atoms with E-state index in [2.05, 4.69) is 6.92 Å². The third kappa shape index (κ3) is 3.01. The number of fused-ring (bicyclic) bond motifs is 1. The first-order valence-electron chi connectivity index (χ1n) is 5.73. The minimum absolute atomic E-state index is 0.123. The molecule has 1 aromatic carbocycles. The predicted octanol–water partition coefficient (Wildman–Crippen LogP) is 3.71. The summed E-state index contributed by atoms with van der Waals surface area (Å²) in [5.41, 5.74) is 6.72. The standard InChI is InChI=1S/C13H16FNOS/c1-2-5-17-8-11(15)13-7-9-6-10(14)3-4-12(9)16-13/h3-4,6-7,11H,2,5,8,15H2,1H3. The number of halogens is 1. The van der Waals surface area contributed by atoms with Gasteiger partial charge in [-0.2, -0.15) is 11.8 Å². The lowest BCUT2D eigenvalue weighted by Gasteiger charge is -2.06. The quantitative estimate of drug-likeness (QED) is 0.825. The highest BCUT2D eigenvalue weighted by molar-refractivity contribution is 7.99. The largest absolute Gasteiger partial charge is 0.459 e. The van der Waals surface area contributed by atoms with Crippen molar-refractivity contribution < 1.29 is 8.81 Å². The number of furan rings is 1. The molecule has 1 atom stereocenters. The smallest absolute Gasteiger partial charge is 0.134 e. The van der Waals surface area contributed by atoms with Crippen molar-refractivity contribution in [3.63, 3.8) is 0 Å². The fourth-order valence-corrected chi connectivity index (χ4v) is 2.53. The average Bonchev–Trinajstić information content (AvgIpc) is 2.72. The molecule has 4 heteroatoms. The van der Waals surface area contributed by atoms with E-state index in [9.17, 15) is 4.39 Å². The van der Waals surface area contributed by atoms with Gasteiger partial charge in [-0.25, -0.2) is 4.39 Å². The Morgan fingerprint density at radius 3 is 3.00 bits per heavy atom. The van der Waals surface area contributed by atoms with Gasteiger partial charge in [0.2, 0.25) is 0 Å². The van der Waals surface area contributed by atoms with Crippen molar-refractivity contribution >= 4 is 22.7 Å². The van der Waals surface area contributed by atoms with Crippen LogP contribution in [0.25, 0.3) is 11.0 Å². The van der Waals surface area contributed by atoms with Crippen LogP contribution < -0.4 is 5.73 Å². The van der Waals surface area contributed by atoms with E-state index in [4.69, 9.17) is 10.2 Å². The average molecular weight is 253 g/mol. The zero-order chi connectivity index (χ0) is 12.3. The second-order valence-corrected chi connectivity index (χ2v) is 5.16. The molecule has 0 bridgehead atoms. The van der Waals surface area contributed by atoms with Crippen LogP contribution in [-0.2, 0) is 0 Å². The molecule has 1 unspecified atom stereocenters. The Kier molecular flexibility index (Phi) is 4.07. The first-order chi connectivity index (χ1) is 8.20. The van der Waals surface area contributed by atoms with Gasteiger partial charge in [0.1, 0.15) is 17.2 Å². The molecule has 0 aliphatic heterocycles. The van der Waals surface area contributed by atoms with Gasteiger partial charge in [0, 0.05) is 11.1 Å². The van der Waals surface area contributed by atoms with Crippen LogP contribution in [0.4, 0.5) is 4.39 Å². The molecule has 0 saturated carbocycles. The molecule has 2 aromatic rings. The maximum Gasteiger partial charge on any atom is 0.134 e. The Morgan fingerprint density at radius 2 is 2.24 bits per heavy atom. The second-order valence-electron chi connectivity index (χ2n) is 4.01. The van der Waals surface area contributed by atoms with Gasteiger partial charge < -0.3 is 10.2 Å². The maximum absolute atomic E-state index is 13.0. The number of benzene rings is 1. The lowest BCUT2D eigenvalue weighted by molar-refractivity contribution is 0.515. The van der Waals surface area contributed by atoms with E-state index >= 15 is 0 Å². The maximum atomic E-state index is 13.0. The van der Waals surface area contributed by atoms with Crippen LogP contribution in [0.15, 0.2) is 28.7 Å². The van der Waals surface area contributed by atoms with Gasteiger partial charge in [-0.3, -0.25) is 0 Å². The Hall–Kier alpha value is -1.00. The molecule has 0 radical (unpaired) electrons. The van der Waals surface area contributed by atoms with Gasteiger partial charge in [0.15, 0.2) is 0 Å². The van der Waals surface area contributed by atoms with Gasteiger partial charge in [0.05, 0.1) is 6.04 Å². The second kappa shape index (κ2) is 5.56. The van der Waals surface area contributed by atoms with Gasteiger partial charge in [-0.15, -0.1) is 0 Å². The molecule has 0 amide bonds. The van der Waals surface area contributed by atoms with Crippen molar-refractivity contribution in [2.24, 2.45) is 5.73 Å². The highest BCUT2D eigenvalue weighted by Gasteiger charge is 2.12. The summed E-state index contributed by atoms with van der Waals surface area (Å²) in [4.78, 5) is 0. The summed E-state index contributed by atoms with van der Waals surface area (Å²) in [5.74, 6) is 2.41. The Labute approximate surface area is 104 Å². The number of rotatable bonds is 5. The molecule has 2 N–H and O–H groups in total. The predicted molar refractivity (Wildman–Crippen MR) is 70.7 cm³/mol. The third-order valence-electron chi connectivity index (χ3n) is 2.51. The molecule has 1 heterocycles. The summed E-state index contributed by atoms with van der Waals surface area (Å²) >= 11 is 1.81. The molecule has 0 saturated heterocycles. The van der Waals surface area contributed by atoms with Crippen molar-refractivity contribution in [1.29, 1.82) is 0 Å². The van der Waals surface area contributed by atoms with E-state index in [1.54, 1.807) is 6.07 Å². The molecular formula is C13H16FNOS. The summed E-state index contributed by atoms with van der Waals surface area (Å²) in [6.45, 7) is 2.14. The van der Waals surface area contributed by atoms with Crippen molar-refractivity contribution in [2.75, 3.05) is 11.5 Å². The van der Waals surface area contributed by atoms with Crippen LogP contribution in [0.2, 0.25) is 0 Å². The van der Waals surface area contributed by atoms with Crippen LogP contribution >= 0.6 is 11.8 Å². The summed E-state index contributed by atoms with van der Waals surface area (Å²) in [5, 5.41) is 0.774. The van der Waals surface area contributed by atoms with Crippen molar-refractivity contribution in [3.05, 3.63) is 35.8 Å². The number of hydrogen-bond acceptors (Lipinski definition) is 3. The molecule has 2 rings (SSSR count). The first kappa shape index (κ1) is 12.5. The van der Waals surface area contributed by atoms with E-state index in [-0.39, 0.29) is 11.9 Å². The molecule has 92 valence electrons. The molecule has 0 aliphatic rings. The normalized spacial score (nSPS) is 13.1. The van der Waals surface area contributed by atoms with Crippen molar-refractivity contribution in [1.82, 2.24) is 0 Å². The molecule has 0 aliphatic carbocycles. The number of thioether (sulfide) groups is 1. The number of hydrogen-bond donors (Lipinski definition) is 1. The molecule has 2 nitrogen and oxygen atoms in total. The monoisotopic (exact) mass is 253 g/mol. The molecular weight excluding hydrogens is 237 g/mol. The lowest BCUT2D eigenvalue weighted by Crippen LogP contribution is -2.12. The highest BCUT2D eigenvalue weighted by Crippen LogP contribution is 2.25. The van der Waals surface area contributed by atoms with E-state index < -0.39 is 0 Å². The van der Waals surface area contributed by atoms with Crippen LogP contribution in [-0.4, -0.2) is 11.5 Å². The Balaban J connectivity index is 2.12. The van der Waals surface area contributed by atoms with Crippen LogP contribution in [0, 0.1) is 5.82 Å². The topological polar surface area (TPSA) is 39.2 Å². The molecule has 17 heavy (non-hydrogen) atoms. The Bertz CT molecular complexity index is 497. The fraction of sp³-hybridized carbons (Fsp3) is 0.385. The van der Waals surface area contributed by atoms with Crippen LogP contribution in [0.1, 0.15) is 25.1 Å². The van der Waals surface area contributed by atoms with Gasteiger partial charge in [0.25, 0.3) is 0 Å². The summed E-state index contributed by atoms with van der Waals surface area (Å²) in [6.07, 6.45) is 1.14. The first-order valence-corrected chi connectivity index (χ1v) is 6.88. The van der Waals surface area contributed by atoms with Crippen LogP contribution in [0.3, 0.4) is 0 Å². The number of nitrogens with two attached hydrogens (primary N) is 1. The van der Waals surface area contributed by atoms with Crippen molar-refractivity contribution in [3.8, 4) is 0 Å². The minimum atomic E-state index is -0.251. The van der Waals surface area contributed by atoms with E-state index in [1.165, 1.54) is 12.1 Å². The highest BCUT2D eigenvalue weighted by atomic mass is 32.2. The fourth-order valence-electron chi connectivity index (χ4n) is 1.65. The summed E-state index contributed by atoms with van der Waals surface area (Å²) in [6, 6.07) is 6.21. The summed E-state index contributed by atoms with van der Waals surface area (Å²) in [7, 11) is 0. The van der Waals surface area contributed by atoms with Gasteiger partial charge in [-0.1, -0.05) is 6.92 Å². The SMILES string of the molecule is CCCSCC(N)c1cc2cc(F)ccc2o1. The molecule has 0 fully saturated rings. The van der Waals surface area contributed by atoms with Crippen LogP contribution in [0.5, 0.6) is 0 Å². The van der Waals surface area contributed by atoms with E-state index in [0.717, 1.165) is 29.1 Å². The zero-order valence-electron chi connectivity index (χ0n) is 9.78. The van der Waals surface area contributed by atoms with Crippen molar-refractivity contribution in [2.45, 2.75) is 19.4 Å². The van der Waals surface area contributed by atoms with E-state index in [0.29, 0.717) is 5.58 Å². The third-order valence-corrected chi connectivity index (χ3v) is 3.80.